The first-order chi connectivity index (χ1) is 12.3. The zero-order valence-electron chi connectivity index (χ0n) is 16.5. The summed E-state index contributed by atoms with van der Waals surface area (Å²) in [4.78, 5) is 17.1. The molecule has 2 fully saturated rings. The quantitative estimate of drug-likeness (QED) is 0.623. The number of piperazine rings is 1. The largest absolute Gasteiger partial charge is 0.369 e. The molecule has 2 aliphatic rings. The van der Waals surface area contributed by atoms with Crippen molar-refractivity contribution in [1.82, 2.24) is 15.5 Å². The first-order valence-electron chi connectivity index (χ1n) is 9.84. The highest BCUT2D eigenvalue weighted by molar-refractivity contribution is 5.86. The second kappa shape index (κ2) is 15.2. The standard InChI is InChI=1S/C20H32N4O.3ClH/c25-20(18-7-6-10-21-17-18)22-11-4-5-12-23-13-15-24(16-14-23)19-8-2-1-3-9-19;;;/h1-3,8-9,18,21H,4-7,10-17H2,(H,22,25);3*1H. The van der Waals surface area contributed by atoms with Crippen LogP contribution in [0.2, 0.25) is 0 Å². The molecule has 8 heteroatoms. The van der Waals surface area contributed by atoms with E-state index in [1.807, 2.05) is 0 Å². The number of hydrogen-bond donors (Lipinski definition) is 2. The number of piperidine rings is 1. The second-order valence-electron chi connectivity index (χ2n) is 7.21. The van der Waals surface area contributed by atoms with Gasteiger partial charge in [0.1, 0.15) is 0 Å². The molecule has 28 heavy (non-hydrogen) atoms. The van der Waals surface area contributed by atoms with E-state index in [2.05, 4.69) is 50.8 Å². The number of hydrogen-bond acceptors (Lipinski definition) is 4. The van der Waals surface area contributed by atoms with Crippen LogP contribution in [0.4, 0.5) is 5.69 Å². The SMILES string of the molecule is Cl.Cl.Cl.O=C(NCCCCN1CCN(c2ccccc2)CC1)C1CCCNC1. The molecule has 162 valence electrons. The van der Waals surface area contributed by atoms with Crippen LogP contribution in [0.5, 0.6) is 0 Å². The van der Waals surface area contributed by atoms with Crippen LogP contribution in [0, 0.1) is 5.92 Å². The normalized spacial score (nSPS) is 19.6. The molecule has 1 aromatic carbocycles. The molecule has 0 saturated carbocycles. The Morgan fingerprint density at radius 1 is 1.04 bits per heavy atom. The summed E-state index contributed by atoms with van der Waals surface area (Å²) in [5.41, 5.74) is 1.34. The van der Waals surface area contributed by atoms with Gasteiger partial charge in [-0.1, -0.05) is 18.2 Å². The summed E-state index contributed by atoms with van der Waals surface area (Å²) in [7, 11) is 0. The number of para-hydroxylation sites is 1. The van der Waals surface area contributed by atoms with E-state index in [0.717, 1.165) is 78.0 Å². The van der Waals surface area contributed by atoms with Crippen LogP contribution in [-0.2, 0) is 4.79 Å². The van der Waals surface area contributed by atoms with E-state index >= 15 is 0 Å². The first-order valence-corrected chi connectivity index (χ1v) is 9.84. The molecule has 1 amide bonds. The van der Waals surface area contributed by atoms with Crippen LogP contribution < -0.4 is 15.5 Å². The Bertz CT molecular complexity index is 521. The van der Waals surface area contributed by atoms with Gasteiger partial charge in [0.05, 0.1) is 5.92 Å². The predicted octanol–water partition coefficient (Wildman–Crippen LogP) is 2.97. The number of carbonyl (C=O) groups excluding carboxylic acids is 1. The van der Waals surface area contributed by atoms with E-state index in [4.69, 9.17) is 0 Å². The van der Waals surface area contributed by atoms with E-state index in [1.54, 1.807) is 0 Å². The number of carbonyl (C=O) groups is 1. The zero-order chi connectivity index (χ0) is 17.3. The number of benzene rings is 1. The lowest BCUT2D eigenvalue weighted by Gasteiger charge is -2.36. The number of amides is 1. The summed E-state index contributed by atoms with van der Waals surface area (Å²) >= 11 is 0. The van der Waals surface area contributed by atoms with Crippen molar-refractivity contribution in [1.29, 1.82) is 0 Å². The van der Waals surface area contributed by atoms with Crippen molar-refractivity contribution in [3.05, 3.63) is 30.3 Å². The van der Waals surface area contributed by atoms with Crippen molar-refractivity contribution in [3.63, 3.8) is 0 Å². The van der Waals surface area contributed by atoms with Gasteiger partial charge in [0.25, 0.3) is 0 Å². The van der Waals surface area contributed by atoms with E-state index in [-0.39, 0.29) is 49.0 Å². The highest BCUT2D eigenvalue weighted by Crippen LogP contribution is 2.15. The molecule has 2 N–H and O–H groups in total. The summed E-state index contributed by atoms with van der Waals surface area (Å²) in [6.07, 6.45) is 4.39. The molecule has 3 rings (SSSR count). The number of nitrogens with zero attached hydrogens (tertiary/aromatic N) is 2. The Morgan fingerprint density at radius 3 is 2.39 bits per heavy atom. The number of unbranched alkanes of at least 4 members (excludes halogenated alkanes) is 1. The fourth-order valence-corrected chi connectivity index (χ4v) is 3.76. The minimum atomic E-state index is 0. The molecule has 1 aromatic rings. The smallest absolute Gasteiger partial charge is 0.224 e. The van der Waals surface area contributed by atoms with Gasteiger partial charge in [-0.2, -0.15) is 0 Å². The summed E-state index contributed by atoms with van der Waals surface area (Å²) in [5, 5.41) is 6.42. The van der Waals surface area contributed by atoms with Crippen LogP contribution in [0.3, 0.4) is 0 Å². The van der Waals surface area contributed by atoms with Crippen molar-refractivity contribution in [2.24, 2.45) is 5.92 Å². The summed E-state index contributed by atoms with van der Waals surface area (Å²) in [6, 6.07) is 10.7. The summed E-state index contributed by atoms with van der Waals surface area (Å²) < 4.78 is 0. The maximum absolute atomic E-state index is 12.1. The third kappa shape index (κ3) is 8.75. The highest BCUT2D eigenvalue weighted by Gasteiger charge is 2.20. The topological polar surface area (TPSA) is 47.6 Å². The molecular weight excluding hydrogens is 419 g/mol. The van der Waals surface area contributed by atoms with Crippen molar-refractivity contribution in [2.45, 2.75) is 25.7 Å². The average molecular weight is 454 g/mol. The van der Waals surface area contributed by atoms with Crippen molar-refractivity contribution < 1.29 is 4.79 Å². The Balaban J connectivity index is 0.00000243. The molecule has 2 heterocycles. The minimum absolute atomic E-state index is 0. The van der Waals surface area contributed by atoms with Crippen molar-refractivity contribution in [2.75, 3.05) is 57.3 Å². The highest BCUT2D eigenvalue weighted by atomic mass is 35.5. The fourth-order valence-electron chi connectivity index (χ4n) is 3.76. The van der Waals surface area contributed by atoms with Gasteiger partial charge in [-0.3, -0.25) is 9.69 Å². The van der Waals surface area contributed by atoms with E-state index in [1.165, 1.54) is 5.69 Å². The Hall–Kier alpha value is -0.720. The minimum Gasteiger partial charge on any atom is -0.369 e. The van der Waals surface area contributed by atoms with Crippen LogP contribution in [0.15, 0.2) is 30.3 Å². The van der Waals surface area contributed by atoms with Crippen LogP contribution in [0.25, 0.3) is 0 Å². The van der Waals surface area contributed by atoms with E-state index in [9.17, 15) is 4.79 Å². The third-order valence-corrected chi connectivity index (χ3v) is 5.36. The first kappa shape index (κ1) is 27.3. The molecule has 0 spiro atoms. The lowest BCUT2D eigenvalue weighted by Crippen LogP contribution is -2.46. The maximum atomic E-state index is 12.1. The zero-order valence-corrected chi connectivity index (χ0v) is 18.9. The van der Waals surface area contributed by atoms with Gasteiger partial charge in [-0.05, 0) is 50.9 Å². The van der Waals surface area contributed by atoms with Gasteiger partial charge in [0, 0.05) is 45.0 Å². The molecule has 5 nitrogen and oxygen atoms in total. The van der Waals surface area contributed by atoms with Gasteiger partial charge in [-0.15, -0.1) is 37.2 Å². The number of halogens is 3. The lowest BCUT2D eigenvalue weighted by atomic mass is 9.99. The fraction of sp³-hybridized carbons (Fsp3) is 0.650. The molecular formula is C20H35Cl3N4O. The van der Waals surface area contributed by atoms with Crippen LogP contribution in [-0.4, -0.2) is 63.2 Å². The second-order valence-corrected chi connectivity index (χ2v) is 7.21. The van der Waals surface area contributed by atoms with E-state index < -0.39 is 0 Å². The monoisotopic (exact) mass is 452 g/mol. The van der Waals surface area contributed by atoms with Gasteiger partial charge in [0.2, 0.25) is 5.91 Å². The Kier molecular flexibility index (Phi) is 14.8. The van der Waals surface area contributed by atoms with Gasteiger partial charge < -0.3 is 15.5 Å². The third-order valence-electron chi connectivity index (χ3n) is 5.36. The maximum Gasteiger partial charge on any atom is 0.224 e. The lowest BCUT2D eigenvalue weighted by molar-refractivity contribution is -0.125. The molecule has 0 bridgehead atoms. The molecule has 1 atom stereocenters. The molecule has 0 aliphatic carbocycles. The number of nitrogens with one attached hydrogen (secondary N) is 2. The van der Waals surface area contributed by atoms with E-state index in [0.29, 0.717) is 0 Å². The van der Waals surface area contributed by atoms with Crippen LogP contribution in [0.1, 0.15) is 25.7 Å². The number of rotatable bonds is 7. The van der Waals surface area contributed by atoms with Crippen LogP contribution >= 0.6 is 37.2 Å². The summed E-state index contributed by atoms with van der Waals surface area (Å²) in [5.74, 6) is 0.420. The predicted molar refractivity (Wildman–Crippen MR) is 125 cm³/mol. The average Bonchev–Trinajstić information content (AvgIpc) is 2.69. The molecule has 2 saturated heterocycles. The molecule has 0 radical (unpaired) electrons. The van der Waals surface area contributed by atoms with Gasteiger partial charge in [0.15, 0.2) is 0 Å². The summed E-state index contributed by atoms with van der Waals surface area (Å²) in [6.45, 7) is 8.34. The van der Waals surface area contributed by atoms with Crippen molar-refractivity contribution >= 4 is 48.8 Å². The Morgan fingerprint density at radius 2 is 1.75 bits per heavy atom. The molecule has 1 unspecified atom stereocenters. The van der Waals surface area contributed by atoms with Crippen molar-refractivity contribution in [3.8, 4) is 0 Å². The number of anilines is 1. The van der Waals surface area contributed by atoms with Gasteiger partial charge >= 0.3 is 0 Å². The van der Waals surface area contributed by atoms with Gasteiger partial charge in [-0.25, -0.2) is 0 Å². The molecule has 2 aliphatic heterocycles. The molecule has 0 aromatic heterocycles. The Labute approximate surface area is 188 Å².